The van der Waals surface area contributed by atoms with Gasteiger partial charge in [0.05, 0.1) is 6.61 Å². The Kier molecular flexibility index (Phi) is 8.58. The van der Waals surface area contributed by atoms with Crippen molar-refractivity contribution in [3.8, 4) is 11.5 Å². The predicted molar refractivity (Wildman–Crippen MR) is 92.8 cm³/mol. The largest absolute Gasteiger partial charge is 0.508 e. The van der Waals surface area contributed by atoms with E-state index >= 15 is 0 Å². The van der Waals surface area contributed by atoms with Gasteiger partial charge in [0.1, 0.15) is 5.76 Å². The van der Waals surface area contributed by atoms with Crippen molar-refractivity contribution >= 4 is 11.9 Å². The summed E-state index contributed by atoms with van der Waals surface area (Å²) in [7, 11) is 0. The Bertz CT molecular complexity index is 558. The lowest BCUT2D eigenvalue weighted by molar-refractivity contribution is -0.114. The number of allylic oxidation sites excluding steroid dienone is 2. The van der Waals surface area contributed by atoms with Crippen LogP contribution < -0.4 is 4.74 Å². The van der Waals surface area contributed by atoms with Crippen LogP contribution in [-0.2, 0) is 4.79 Å². The van der Waals surface area contributed by atoms with Crippen molar-refractivity contribution < 1.29 is 19.7 Å². The molecule has 4 heteroatoms. The molecule has 0 aliphatic carbocycles. The molecule has 1 aromatic rings. The molecule has 0 spiro atoms. The Labute approximate surface area is 138 Å². The number of phenolic OH excluding ortho intramolecular Hbond substituents is 1. The second-order valence-corrected chi connectivity index (χ2v) is 5.40. The number of rotatable bonds is 10. The summed E-state index contributed by atoms with van der Waals surface area (Å²) in [4.78, 5) is 11.6. The standard InChI is InChI=1S/C19H26O4/c1-3-5-6-7-16(20)14-17(21)10-8-15-9-11-18(22)19(13-15)23-12-4-2/h8-11,13-14,21-22H,3-7,12H2,1-2H3. The number of aliphatic hydroxyl groups excluding tert-OH is 1. The highest BCUT2D eigenvalue weighted by Crippen LogP contribution is 2.27. The molecule has 0 amide bonds. The van der Waals surface area contributed by atoms with Crippen molar-refractivity contribution in [3.05, 3.63) is 41.7 Å². The number of phenols is 1. The Morgan fingerprint density at radius 2 is 2.00 bits per heavy atom. The highest BCUT2D eigenvalue weighted by molar-refractivity contribution is 5.90. The molecule has 0 aliphatic rings. The molecule has 23 heavy (non-hydrogen) atoms. The van der Waals surface area contributed by atoms with Crippen LogP contribution in [0.1, 0.15) is 51.5 Å². The van der Waals surface area contributed by atoms with Gasteiger partial charge < -0.3 is 14.9 Å². The van der Waals surface area contributed by atoms with Crippen LogP contribution >= 0.6 is 0 Å². The van der Waals surface area contributed by atoms with Crippen molar-refractivity contribution in [2.75, 3.05) is 6.61 Å². The summed E-state index contributed by atoms with van der Waals surface area (Å²) in [6, 6.07) is 4.94. The zero-order valence-corrected chi connectivity index (χ0v) is 13.9. The van der Waals surface area contributed by atoms with Crippen LogP contribution in [0, 0.1) is 0 Å². The molecule has 0 saturated heterocycles. The SMILES string of the molecule is CCCCCC(=O)C=C(O)C=Cc1ccc(O)c(OCCC)c1. The summed E-state index contributed by atoms with van der Waals surface area (Å²) in [5, 5.41) is 19.5. The van der Waals surface area contributed by atoms with Crippen LogP contribution in [0.15, 0.2) is 36.1 Å². The third-order valence-electron chi connectivity index (χ3n) is 3.23. The number of carbonyl (C=O) groups excluding carboxylic acids is 1. The molecule has 0 aromatic heterocycles. The van der Waals surface area contributed by atoms with Gasteiger partial charge in [-0.05, 0) is 36.6 Å². The van der Waals surface area contributed by atoms with Crippen molar-refractivity contribution in [2.24, 2.45) is 0 Å². The molecule has 1 aromatic carbocycles. The minimum Gasteiger partial charge on any atom is -0.508 e. The minimum atomic E-state index is -0.0735. The van der Waals surface area contributed by atoms with Gasteiger partial charge in [0, 0.05) is 12.5 Å². The van der Waals surface area contributed by atoms with Gasteiger partial charge >= 0.3 is 0 Å². The fourth-order valence-corrected chi connectivity index (χ4v) is 1.98. The van der Waals surface area contributed by atoms with Crippen LogP contribution in [0.4, 0.5) is 0 Å². The molecule has 0 fully saturated rings. The number of carbonyl (C=O) groups is 1. The van der Waals surface area contributed by atoms with E-state index in [0.717, 1.165) is 31.2 Å². The van der Waals surface area contributed by atoms with Crippen molar-refractivity contribution in [2.45, 2.75) is 46.0 Å². The maximum atomic E-state index is 11.6. The summed E-state index contributed by atoms with van der Waals surface area (Å²) in [6.45, 7) is 4.59. The third kappa shape index (κ3) is 7.54. The van der Waals surface area contributed by atoms with E-state index in [0.29, 0.717) is 18.8 Å². The van der Waals surface area contributed by atoms with Gasteiger partial charge in [-0.2, -0.15) is 0 Å². The lowest BCUT2D eigenvalue weighted by atomic mass is 10.1. The molecule has 0 unspecified atom stereocenters. The highest BCUT2D eigenvalue weighted by Gasteiger charge is 2.03. The van der Waals surface area contributed by atoms with E-state index in [9.17, 15) is 15.0 Å². The molecule has 0 aliphatic heterocycles. The second-order valence-electron chi connectivity index (χ2n) is 5.40. The molecular formula is C19H26O4. The quantitative estimate of drug-likeness (QED) is 0.282. The first-order valence-electron chi connectivity index (χ1n) is 8.14. The molecule has 0 atom stereocenters. The van der Waals surface area contributed by atoms with Gasteiger partial charge in [-0.25, -0.2) is 0 Å². The molecule has 4 nitrogen and oxygen atoms in total. The third-order valence-corrected chi connectivity index (χ3v) is 3.23. The van der Waals surface area contributed by atoms with Gasteiger partial charge in [-0.15, -0.1) is 0 Å². The smallest absolute Gasteiger partial charge is 0.161 e. The number of hydrogen-bond donors (Lipinski definition) is 2. The Morgan fingerprint density at radius 3 is 2.70 bits per heavy atom. The van der Waals surface area contributed by atoms with Crippen molar-refractivity contribution in [1.29, 1.82) is 0 Å². The highest BCUT2D eigenvalue weighted by atomic mass is 16.5. The van der Waals surface area contributed by atoms with Gasteiger partial charge in [0.2, 0.25) is 0 Å². The molecule has 0 heterocycles. The van der Waals surface area contributed by atoms with E-state index in [1.165, 1.54) is 12.2 Å². The molecule has 0 bridgehead atoms. The normalized spacial score (nSPS) is 11.8. The number of ether oxygens (including phenoxy) is 1. The average Bonchev–Trinajstić information content (AvgIpc) is 2.53. The lowest BCUT2D eigenvalue weighted by Gasteiger charge is -2.07. The van der Waals surface area contributed by atoms with Crippen molar-refractivity contribution in [3.63, 3.8) is 0 Å². The summed E-state index contributed by atoms with van der Waals surface area (Å²) in [5.41, 5.74) is 0.771. The van der Waals surface area contributed by atoms with Crippen LogP contribution in [0.2, 0.25) is 0 Å². The number of hydrogen-bond acceptors (Lipinski definition) is 4. The predicted octanol–water partition coefficient (Wildman–Crippen LogP) is 4.79. The molecule has 1 rings (SSSR count). The van der Waals surface area contributed by atoms with Crippen LogP contribution in [0.5, 0.6) is 11.5 Å². The van der Waals surface area contributed by atoms with Crippen LogP contribution in [0.3, 0.4) is 0 Å². The summed E-state index contributed by atoms with van der Waals surface area (Å²) < 4.78 is 5.44. The molecule has 0 radical (unpaired) electrons. The van der Waals surface area contributed by atoms with Gasteiger partial charge in [0.15, 0.2) is 17.3 Å². The number of aliphatic hydroxyl groups is 1. The summed E-state index contributed by atoms with van der Waals surface area (Å²) in [6.07, 6.45) is 8.62. The van der Waals surface area contributed by atoms with Gasteiger partial charge in [-0.3, -0.25) is 4.79 Å². The fourth-order valence-electron chi connectivity index (χ4n) is 1.98. The Hall–Kier alpha value is -2.23. The van der Waals surface area contributed by atoms with E-state index in [1.54, 1.807) is 24.3 Å². The maximum Gasteiger partial charge on any atom is 0.161 e. The van der Waals surface area contributed by atoms with E-state index in [2.05, 4.69) is 6.92 Å². The fraction of sp³-hybridized carbons (Fsp3) is 0.421. The zero-order valence-electron chi connectivity index (χ0n) is 13.9. The van der Waals surface area contributed by atoms with E-state index in [4.69, 9.17) is 4.74 Å². The van der Waals surface area contributed by atoms with E-state index in [-0.39, 0.29) is 17.3 Å². The number of unbranched alkanes of at least 4 members (excludes halogenated alkanes) is 2. The van der Waals surface area contributed by atoms with Gasteiger partial charge in [0.25, 0.3) is 0 Å². The van der Waals surface area contributed by atoms with Crippen LogP contribution in [-0.4, -0.2) is 22.6 Å². The summed E-state index contributed by atoms with van der Waals surface area (Å²) >= 11 is 0. The van der Waals surface area contributed by atoms with Crippen molar-refractivity contribution in [1.82, 2.24) is 0 Å². The first kappa shape index (κ1) is 18.8. The maximum absolute atomic E-state index is 11.6. The number of benzene rings is 1. The molecular weight excluding hydrogens is 292 g/mol. The van der Waals surface area contributed by atoms with E-state index in [1.807, 2.05) is 6.92 Å². The molecule has 126 valence electrons. The van der Waals surface area contributed by atoms with Crippen LogP contribution in [0.25, 0.3) is 6.08 Å². The minimum absolute atomic E-state index is 0.0710. The topological polar surface area (TPSA) is 66.8 Å². The van der Waals surface area contributed by atoms with E-state index < -0.39 is 0 Å². The Morgan fingerprint density at radius 1 is 1.22 bits per heavy atom. The summed E-state index contributed by atoms with van der Waals surface area (Å²) in [5.74, 6) is 0.350. The number of ketones is 1. The molecule has 2 N–H and O–H groups in total. The molecule has 0 saturated carbocycles. The monoisotopic (exact) mass is 318 g/mol. The Balaban J connectivity index is 2.66. The zero-order chi connectivity index (χ0) is 17.1. The lowest BCUT2D eigenvalue weighted by Crippen LogP contribution is -1.95. The first-order valence-corrected chi connectivity index (χ1v) is 8.14. The first-order chi connectivity index (χ1) is 11.1. The second kappa shape index (κ2) is 10.5. The number of aromatic hydroxyl groups is 1. The van der Waals surface area contributed by atoms with Gasteiger partial charge in [-0.1, -0.05) is 38.8 Å². The average molecular weight is 318 g/mol.